The van der Waals surface area contributed by atoms with E-state index in [1.54, 1.807) is 31.2 Å². The normalized spacial score (nSPS) is 16.1. The zero-order valence-corrected chi connectivity index (χ0v) is 12.0. The largest absolute Gasteiger partial charge is 0.416 e. The summed E-state index contributed by atoms with van der Waals surface area (Å²) in [5.74, 6) is -0.556. The number of aliphatic hydroxyl groups is 2. The third-order valence-electron chi connectivity index (χ3n) is 3.72. The van der Waals surface area contributed by atoms with Gasteiger partial charge in [0, 0.05) is 5.92 Å². The summed E-state index contributed by atoms with van der Waals surface area (Å²) in [6.07, 6.45) is -6.37. The average molecular weight is 310 g/mol. The van der Waals surface area contributed by atoms with Gasteiger partial charge in [-0.1, -0.05) is 49.4 Å². The smallest absolute Gasteiger partial charge is 0.388 e. The van der Waals surface area contributed by atoms with Gasteiger partial charge >= 0.3 is 6.18 Å². The summed E-state index contributed by atoms with van der Waals surface area (Å²) >= 11 is 0. The summed E-state index contributed by atoms with van der Waals surface area (Å²) in [5.41, 5.74) is 0.233. The number of hydrogen-bond acceptors (Lipinski definition) is 2. The van der Waals surface area contributed by atoms with Crippen molar-refractivity contribution in [1.82, 2.24) is 0 Å². The van der Waals surface area contributed by atoms with Crippen LogP contribution in [0.3, 0.4) is 0 Å². The maximum Gasteiger partial charge on any atom is 0.416 e. The first kappa shape index (κ1) is 16.5. The monoisotopic (exact) mass is 310 g/mol. The number of benzene rings is 2. The van der Waals surface area contributed by atoms with Crippen LogP contribution in [0.25, 0.3) is 0 Å². The molecule has 118 valence electrons. The van der Waals surface area contributed by atoms with Gasteiger partial charge in [0.25, 0.3) is 0 Å². The summed E-state index contributed by atoms with van der Waals surface area (Å²) in [5, 5.41) is 20.5. The lowest BCUT2D eigenvalue weighted by Crippen LogP contribution is -2.18. The van der Waals surface area contributed by atoms with E-state index in [-0.39, 0.29) is 0 Å². The number of hydrogen-bond donors (Lipinski definition) is 2. The van der Waals surface area contributed by atoms with Gasteiger partial charge in [-0.25, -0.2) is 0 Å². The van der Waals surface area contributed by atoms with Crippen LogP contribution in [0.2, 0.25) is 0 Å². The number of aliphatic hydroxyl groups excluding tert-OH is 2. The van der Waals surface area contributed by atoms with Gasteiger partial charge in [0.15, 0.2) is 0 Å². The van der Waals surface area contributed by atoms with E-state index in [2.05, 4.69) is 0 Å². The van der Waals surface area contributed by atoms with E-state index in [0.717, 1.165) is 12.1 Å². The highest BCUT2D eigenvalue weighted by Crippen LogP contribution is 2.34. The molecule has 0 aliphatic heterocycles. The molecule has 2 aromatic carbocycles. The van der Waals surface area contributed by atoms with Gasteiger partial charge in [-0.2, -0.15) is 13.2 Å². The van der Waals surface area contributed by atoms with Crippen molar-refractivity contribution < 1.29 is 23.4 Å². The standard InChI is InChI=1S/C17H17F3O2/c1-11(15(21)12-5-3-2-4-6-12)16(22)13-7-9-14(10-8-13)17(18,19)20/h2-11,15-16,21-22H,1H3/t11-,15+,16+/m1/s1. The molecule has 0 unspecified atom stereocenters. The van der Waals surface area contributed by atoms with Crippen LogP contribution in [0.5, 0.6) is 0 Å². The fraction of sp³-hybridized carbons (Fsp3) is 0.294. The van der Waals surface area contributed by atoms with E-state index in [1.807, 2.05) is 6.07 Å². The fourth-order valence-corrected chi connectivity index (χ4v) is 2.30. The van der Waals surface area contributed by atoms with Gasteiger partial charge in [0.1, 0.15) is 0 Å². The molecule has 0 heterocycles. The zero-order valence-electron chi connectivity index (χ0n) is 12.0. The molecular weight excluding hydrogens is 293 g/mol. The van der Waals surface area contributed by atoms with Crippen LogP contribution in [-0.2, 0) is 6.18 Å². The average Bonchev–Trinajstić information content (AvgIpc) is 2.53. The Kier molecular flexibility index (Phi) is 4.88. The van der Waals surface area contributed by atoms with Crippen molar-refractivity contribution in [3.8, 4) is 0 Å². The zero-order chi connectivity index (χ0) is 16.3. The SMILES string of the molecule is C[C@H]([C@H](O)c1ccccc1)[C@H](O)c1ccc(C(F)(F)F)cc1. The van der Waals surface area contributed by atoms with E-state index in [1.165, 1.54) is 12.1 Å². The van der Waals surface area contributed by atoms with E-state index in [4.69, 9.17) is 0 Å². The van der Waals surface area contributed by atoms with Crippen LogP contribution in [0.4, 0.5) is 13.2 Å². The molecule has 0 fully saturated rings. The molecule has 22 heavy (non-hydrogen) atoms. The topological polar surface area (TPSA) is 40.5 Å². The number of alkyl halides is 3. The van der Waals surface area contributed by atoms with Gasteiger partial charge in [0.2, 0.25) is 0 Å². The number of rotatable bonds is 4. The molecule has 0 saturated carbocycles. The van der Waals surface area contributed by atoms with Crippen LogP contribution in [-0.4, -0.2) is 10.2 Å². The minimum atomic E-state index is -4.40. The third-order valence-corrected chi connectivity index (χ3v) is 3.72. The molecule has 0 bridgehead atoms. The summed E-state index contributed by atoms with van der Waals surface area (Å²) in [4.78, 5) is 0. The second-order valence-corrected chi connectivity index (χ2v) is 5.28. The Hall–Kier alpha value is -1.85. The third kappa shape index (κ3) is 3.67. The van der Waals surface area contributed by atoms with E-state index in [0.29, 0.717) is 11.1 Å². The first-order chi connectivity index (χ1) is 10.3. The van der Waals surface area contributed by atoms with E-state index < -0.39 is 29.9 Å². The van der Waals surface area contributed by atoms with Crippen LogP contribution in [0.1, 0.15) is 35.8 Å². The first-order valence-electron chi connectivity index (χ1n) is 6.89. The Morgan fingerprint density at radius 2 is 1.23 bits per heavy atom. The van der Waals surface area contributed by atoms with Crippen molar-refractivity contribution in [2.45, 2.75) is 25.3 Å². The van der Waals surface area contributed by atoms with Crippen molar-refractivity contribution in [1.29, 1.82) is 0 Å². The Morgan fingerprint density at radius 1 is 0.773 bits per heavy atom. The van der Waals surface area contributed by atoms with Crippen molar-refractivity contribution in [2.75, 3.05) is 0 Å². The van der Waals surface area contributed by atoms with Crippen molar-refractivity contribution >= 4 is 0 Å². The molecular formula is C17H17F3O2. The summed E-state index contributed by atoms with van der Waals surface area (Å²) < 4.78 is 37.6. The maximum atomic E-state index is 12.5. The predicted octanol–water partition coefficient (Wildman–Crippen LogP) is 4.11. The van der Waals surface area contributed by atoms with Crippen LogP contribution >= 0.6 is 0 Å². The van der Waals surface area contributed by atoms with Gasteiger partial charge in [-0.15, -0.1) is 0 Å². The van der Waals surface area contributed by atoms with Crippen molar-refractivity contribution in [3.63, 3.8) is 0 Å². The van der Waals surface area contributed by atoms with Crippen molar-refractivity contribution in [2.24, 2.45) is 5.92 Å². The number of halogens is 3. The van der Waals surface area contributed by atoms with Crippen LogP contribution in [0.15, 0.2) is 54.6 Å². The molecule has 0 saturated heterocycles. The second kappa shape index (κ2) is 6.50. The van der Waals surface area contributed by atoms with E-state index >= 15 is 0 Å². The molecule has 2 aromatic rings. The molecule has 0 aliphatic rings. The van der Waals surface area contributed by atoms with Gasteiger partial charge in [0.05, 0.1) is 17.8 Å². The molecule has 0 spiro atoms. The molecule has 5 heteroatoms. The summed E-state index contributed by atoms with van der Waals surface area (Å²) in [6.45, 7) is 1.65. The minimum Gasteiger partial charge on any atom is -0.388 e. The Bertz CT molecular complexity index is 594. The summed E-state index contributed by atoms with van der Waals surface area (Å²) in [6, 6.07) is 13.2. The Labute approximate surface area is 126 Å². The lowest BCUT2D eigenvalue weighted by molar-refractivity contribution is -0.137. The lowest BCUT2D eigenvalue weighted by Gasteiger charge is -2.25. The molecule has 2 nitrogen and oxygen atoms in total. The van der Waals surface area contributed by atoms with Gasteiger partial charge < -0.3 is 10.2 Å². The maximum absolute atomic E-state index is 12.5. The molecule has 0 aromatic heterocycles. The highest BCUT2D eigenvalue weighted by atomic mass is 19.4. The quantitative estimate of drug-likeness (QED) is 0.892. The Morgan fingerprint density at radius 3 is 1.68 bits per heavy atom. The Balaban J connectivity index is 2.15. The molecule has 2 rings (SSSR count). The second-order valence-electron chi connectivity index (χ2n) is 5.28. The molecule has 0 radical (unpaired) electrons. The van der Waals surface area contributed by atoms with E-state index in [9.17, 15) is 23.4 Å². The minimum absolute atomic E-state index is 0.343. The highest BCUT2D eigenvalue weighted by molar-refractivity contribution is 5.27. The molecule has 0 aliphatic carbocycles. The van der Waals surface area contributed by atoms with Crippen LogP contribution < -0.4 is 0 Å². The highest BCUT2D eigenvalue weighted by Gasteiger charge is 2.31. The molecule has 3 atom stereocenters. The van der Waals surface area contributed by atoms with Crippen LogP contribution in [0, 0.1) is 5.92 Å². The first-order valence-corrected chi connectivity index (χ1v) is 6.89. The van der Waals surface area contributed by atoms with Gasteiger partial charge in [-0.3, -0.25) is 0 Å². The summed E-state index contributed by atoms with van der Waals surface area (Å²) in [7, 11) is 0. The molecule has 0 amide bonds. The molecule has 2 N–H and O–H groups in total. The lowest BCUT2D eigenvalue weighted by atomic mass is 9.88. The fourth-order valence-electron chi connectivity index (χ4n) is 2.30. The van der Waals surface area contributed by atoms with Crippen molar-refractivity contribution in [3.05, 3.63) is 71.3 Å². The van der Waals surface area contributed by atoms with Gasteiger partial charge in [-0.05, 0) is 23.3 Å². The predicted molar refractivity (Wildman–Crippen MR) is 77.0 cm³/mol.